The average Bonchev–Trinajstić information content (AvgIpc) is 3.44. The molecule has 0 atom stereocenters. The van der Waals surface area contributed by atoms with Crippen LogP contribution in [0.3, 0.4) is 0 Å². The fraction of sp³-hybridized carbons (Fsp3) is 0.370. The van der Waals surface area contributed by atoms with Crippen LogP contribution in [0.2, 0.25) is 0 Å². The van der Waals surface area contributed by atoms with Gasteiger partial charge in [0.25, 0.3) is 10.0 Å². The minimum atomic E-state index is -3.83. The SMILES string of the molecule is Cc1ccc(S(=O)(=O)Nc2ccc3nc(N4CCN(CC(=O)N5CCCC5)CC4)cc(C(=O)O)c3c2)cc1. The number of pyridine rings is 1. The van der Waals surface area contributed by atoms with Gasteiger partial charge in [0, 0.05) is 50.3 Å². The number of carbonyl (C=O) groups is 2. The van der Waals surface area contributed by atoms with Gasteiger partial charge in [-0.2, -0.15) is 0 Å². The number of likely N-dealkylation sites (tertiary alicyclic amines) is 1. The summed E-state index contributed by atoms with van der Waals surface area (Å²) >= 11 is 0. The molecule has 2 saturated heterocycles. The molecular formula is C27H31N5O5S. The Morgan fingerprint density at radius 3 is 2.29 bits per heavy atom. The molecule has 0 saturated carbocycles. The Hall–Kier alpha value is -3.70. The number of nitrogens with zero attached hydrogens (tertiary/aromatic N) is 4. The number of fused-ring (bicyclic) bond motifs is 1. The topological polar surface area (TPSA) is 123 Å². The minimum absolute atomic E-state index is 0.0491. The van der Waals surface area contributed by atoms with Crippen molar-refractivity contribution in [1.29, 1.82) is 0 Å². The van der Waals surface area contributed by atoms with Gasteiger partial charge in [0.15, 0.2) is 0 Å². The lowest BCUT2D eigenvalue weighted by atomic mass is 10.1. The number of carbonyl (C=O) groups excluding carboxylic acids is 1. The summed E-state index contributed by atoms with van der Waals surface area (Å²) in [5.74, 6) is -0.401. The molecule has 3 heterocycles. The van der Waals surface area contributed by atoms with Crippen molar-refractivity contribution in [2.45, 2.75) is 24.7 Å². The third kappa shape index (κ3) is 5.58. The number of rotatable bonds is 7. The van der Waals surface area contributed by atoms with Crippen molar-refractivity contribution in [3.63, 3.8) is 0 Å². The molecule has 0 bridgehead atoms. The second-order valence-electron chi connectivity index (χ2n) is 9.83. The average molecular weight is 538 g/mol. The van der Waals surface area contributed by atoms with Gasteiger partial charge in [0.1, 0.15) is 5.82 Å². The maximum absolute atomic E-state index is 12.8. The van der Waals surface area contributed by atoms with Crippen LogP contribution in [0, 0.1) is 6.92 Å². The van der Waals surface area contributed by atoms with Crippen LogP contribution in [0.25, 0.3) is 10.9 Å². The van der Waals surface area contributed by atoms with Crippen LogP contribution in [0.1, 0.15) is 28.8 Å². The molecule has 0 unspecified atom stereocenters. The van der Waals surface area contributed by atoms with Gasteiger partial charge in [-0.1, -0.05) is 17.7 Å². The fourth-order valence-corrected chi connectivity index (χ4v) is 5.99. The summed E-state index contributed by atoms with van der Waals surface area (Å²) in [4.78, 5) is 35.5. The number of benzene rings is 2. The molecule has 5 rings (SSSR count). The van der Waals surface area contributed by atoms with Crippen LogP contribution in [0.15, 0.2) is 53.4 Å². The van der Waals surface area contributed by atoms with Crippen molar-refractivity contribution < 1.29 is 23.1 Å². The van der Waals surface area contributed by atoms with Crippen LogP contribution in [-0.2, 0) is 14.8 Å². The van der Waals surface area contributed by atoms with Crippen molar-refractivity contribution in [2.24, 2.45) is 0 Å². The van der Waals surface area contributed by atoms with E-state index in [0.717, 1.165) is 31.5 Å². The molecule has 200 valence electrons. The zero-order chi connectivity index (χ0) is 26.9. The smallest absolute Gasteiger partial charge is 0.336 e. The first-order valence-electron chi connectivity index (χ1n) is 12.7. The molecule has 1 aromatic heterocycles. The summed E-state index contributed by atoms with van der Waals surface area (Å²) in [6, 6.07) is 12.7. The van der Waals surface area contributed by atoms with Crippen LogP contribution in [0.4, 0.5) is 11.5 Å². The quantitative estimate of drug-likeness (QED) is 0.472. The summed E-state index contributed by atoms with van der Waals surface area (Å²) in [5.41, 5.74) is 1.71. The van der Waals surface area contributed by atoms with Gasteiger partial charge in [-0.15, -0.1) is 0 Å². The molecule has 0 radical (unpaired) electrons. The predicted molar refractivity (Wildman–Crippen MR) is 145 cm³/mol. The van der Waals surface area contributed by atoms with Crippen molar-refractivity contribution in [2.75, 3.05) is 55.4 Å². The normalized spacial score (nSPS) is 16.7. The lowest BCUT2D eigenvalue weighted by Gasteiger charge is -2.35. The first-order chi connectivity index (χ1) is 18.2. The van der Waals surface area contributed by atoms with Crippen LogP contribution >= 0.6 is 0 Å². The van der Waals surface area contributed by atoms with E-state index in [4.69, 9.17) is 0 Å². The van der Waals surface area contributed by atoms with Gasteiger partial charge in [-0.25, -0.2) is 18.2 Å². The van der Waals surface area contributed by atoms with Crippen LogP contribution in [0.5, 0.6) is 0 Å². The second kappa shape index (κ2) is 10.6. The number of aromatic nitrogens is 1. The number of anilines is 2. The first-order valence-corrected chi connectivity index (χ1v) is 14.2. The van der Waals surface area contributed by atoms with Crippen molar-refractivity contribution >= 4 is 44.3 Å². The van der Waals surface area contributed by atoms with E-state index in [2.05, 4.69) is 14.6 Å². The van der Waals surface area contributed by atoms with Gasteiger partial charge in [-0.3, -0.25) is 14.4 Å². The molecule has 10 nitrogen and oxygen atoms in total. The highest BCUT2D eigenvalue weighted by Gasteiger charge is 2.25. The standard InChI is InChI=1S/C27H31N5O5S/c1-19-4-7-21(8-5-19)38(36,37)29-20-6-9-24-22(16-20)23(27(34)35)17-25(28-24)31-14-12-30(13-15-31)18-26(33)32-10-2-3-11-32/h4-9,16-17,29H,2-3,10-15,18H2,1H3,(H,34,35). The maximum atomic E-state index is 12.8. The predicted octanol–water partition coefficient (Wildman–Crippen LogP) is 2.79. The Morgan fingerprint density at radius 1 is 0.947 bits per heavy atom. The number of sulfonamides is 1. The Bertz CT molecular complexity index is 1460. The van der Waals surface area contributed by atoms with E-state index in [0.29, 0.717) is 49.4 Å². The van der Waals surface area contributed by atoms with Gasteiger partial charge < -0.3 is 14.9 Å². The number of carboxylic acids is 1. The van der Waals surface area contributed by atoms with Gasteiger partial charge in [0.05, 0.1) is 22.5 Å². The largest absolute Gasteiger partial charge is 0.478 e. The number of hydrogen-bond acceptors (Lipinski definition) is 7. The highest BCUT2D eigenvalue weighted by molar-refractivity contribution is 7.92. The van der Waals surface area contributed by atoms with Crippen LogP contribution in [-0.4, -0.2) is 86.0 Å². The molecule has 0 spiro atoms. The first kappa shape index (κ1) is 25.9. The van der Waals surface area contributed by atoms with Gasteiger partial charge >= 0.3 is 5.97 Å². The molecular weight excluding hydrogens is 506 g/mol. The van der Waals surface area contributed by atoms with Crippen molar-refractivity contribution in [3.8, 4) is 0 Å². The zero-order valence-electron chi connectivity index (χ0n) is 21.3. The Balaban J connectivity index is 1.33. The van der Waals surface area contributed by atoms with Crippen molar-refractivity contribution in [1.82, 2.24) is 14.8 Å². The van der Waals surface area contributed by atoms with Gasteiger partial charge in [-0.05, 0) is 56.2 Å². The Kier molecular flexibility index (Phi) is 7.22. The number of carboxylic acid groups (broad SMARTS) is 1. The Morgan fingerprint density at radius 2 is 1.63 bits per heavy atom. The monoisotopic (exact) mass is 537 g/mol. The summed E-state index contributed by atoms with van der Waals surface area (Å²) in [6.45, 7) is 6.57. The van der Waals surface area contributed by atoms with E-state index in [1.165, 1.54) is 24.3 Å². The summed E-state index contributed by atoms with van der Waals surface area (Å²) in [6.07, 6.45) is 2.14. The molecule has 2 aliphatic rings. The van der Waals surface area contributed by atoms with E-state index in [1.807, 2.05) is 16.7 Å². The van der Waals surface area contributed by atoms with Gasteiger partial charge in [0.2, 0.25) is 5.91 Å². The Labute approximate surface area is 221 Å². The van der Waals surface area contributed by atoms with Crippen molar-refractivity contribution in [3.05, 3.63) is 59.7 Å². The summed E-state index contributed by atoms with van der Waals surface area (Å²) in [5, 5.41) is 10.3. The fourth-order valence-electron chi connectivity index (χ4n) is 4.94. The van der Waals surface area contributed by atoms with E-state index >= 15 is 0 Å². The third-order valence-corrected chi connectivity index (χ3v) is 8.52. The lowest BCUT2D eigenvalue weighted by Crippen LogP contribution is -2.50. The molecule has 1 amide bonds. The lowest BCUT2D eigenvalue weighted by molar-refractivity contribution is -0.131. The maximum Gasteiger partial charge on any atom is 0.336 e. The molecule has 2 aromatic carbocycles. The van der Waals surface area contributed by atoms with E-state index in [9.17, 15) is 23.1 Å². The van der Waals surface area contributed by atoms with Crippen LogP contribution < -0.4 is 9.62 Å². The minimum Gasteiger partial charge on any atom is -0.478 e. The third-order valence-electron chi connectivity index (χ3n) is 7.12. The molecule has 0 aliphatic carbocycles. The molecule has 2 fully saturated rings. The number of aryl methyl sites for hydroxylation is 1. The highest BCUT2D eigenvalue weighted by Crippen LogP contribution is 2.28. The number of hydrogen-bond donors (Lipinski definition) is 2. The molecule has 2 aliphatic heterocycles. The molecule has 11 heteroatoms. The second-order valence-corrected chi connectivity index (χ2v) is 11.5. The summed E-state index contributed by atoms with van der Waals surface area (Å²) in [7, 11) is -3.83. The number of aromatic carboxylic acids is 1. The molecule has 38 heavy (non-hydrogen) atoms. The zero-order valence-corrected chi connectivity index (χ0v) is 22.1. The summed E-state index contributed by atoms with van der Waals surface area (Å²) < 4.78 is 28.2. The molecule has 2 N–H and O–H groups in total. The number of amides is 1. The van der Waals surface area contributed by atoms with E-state index in [1.54, 1.807) is 24.3 Å². The molecule has 3 aromatic rings. The highest BCUT2D eigenvalue weighted by atomic mass is 32.2. The number of piperazine rings is 1. The number of nitrogens with one attached hydrogen (secondary N) is 1. The van der Waals surface area contributed by atoms with E-state index < -0.39 is 16.0 Å². The van der Waals surface area contributed by atoms with E-state index in [-0.39, 0.29) is 22.1 Å².